The van der Waals surface area contributed by atoms with E-state index in [4.69, 9.17) is 4.98 Å². The maximum atomic E-state index is 5.10. The Balaban J connectivity index is 1.52. The summed E-state index contributed by atoms with van der Waals surface area (Å²) in [6.07, 6.45) is 3.79. The molecule has 36 heavy (non-hydrogen) atoms. The van der Waals surface area contributed by atoms with Gasteiger partial charge < -0.3 is 0 Å². The van der Waals surface area contributed by atoms with Crippen LogP contribution in [0.5, 0.6) is 0 Å². The first-order valence-corrected chi connectivity index (χ1v) is 12.2. The van der Waals surface area contributed by atoms with E-state index in [2.05, 4.69) is 120 Å². The van der Waals surface area contributed by atoms with Gasteiger partial charge in [-0.05, 0) is 62.7 Å². The minimum Gasteiger partial charge on any atom is -0.264 e. The van der Waals surface area contributed by atoms with Gasteiger partial charge in [0, 0.05) is 28.7 Å². The van der Waals surface area contributed by atoms with E-state index in [0.29, 0.717) is 0 Å². The van der Waals surface area contributed by atoms with E-state index in [1.54, 1.807) is 0 Å². The van der Waals surface area contributed by atoms with Crippen LogP contribution in [0, 0.1) is 0 Å². The summed E-state index contributed by atoms with van der Waals surface area (Å²) in [5, 5.41) is 5.98. The molecule has 2 heterocycles. The molecule has 0 radical (unpaired) electrons. The molecule has 0 aliphatic carbocycles. The molecule has 0 spiro atoms. The molecule has 0 fully saturated rings. The van der Waals surface area contributed by atoms with Gasteiger partial charge in [-0.15, -0.1) is 0 Å². The topological polar surface area (TPSA) is 25.8 Å². The maximum absolute atomic E-state index is 5.10. The second-order valence-electron chi connectivity index (χ2n) is 9.09. The fourth-order valence-electron chi connectivity index (χ4n) is 5.22. The second kappa shape index (κ2) is 8.44. The fourth-order valence-corrected chi connectivity index (χ4v) is 5.22. The standard InChI is InChI=1S/C34H22N2/c1-2-9-24(10-3-1)33-21-31(34-30-14-5-4-8-23(30)16-17-32(34)36-33)26-12-6-11-25(20-26)28-15-7-13-27-22-35-19-18-29(27)28/h1-22H. The third-order valence-corrected chi connectivity index (χ3v) is 6.93. The highest BCUT2D eigenvalue weighted by Crippen LogP contribution is 2.38. The van der Waals surface area contributed by atoms with Gasteiger partial charge in [0.2, 0.25) is 0 Å². The number of rotatable bonds is 3. The molecule has 0 saturated heterocycles. The van der Waals surface area contributed by atoms with E-state index in [1.807, 2.05) is 18.5 Å². The molecule has 2 aromatic heterocycles. The molecule has 5 aromatic carbocycles. The summed E-state index contributed by atoms with van der Waals surface area (Å²) < 4.78 is 0. The Labute approximate surface area is 209 Å². The lowest BCUT2D eigenvalue weighted by Gasteiger charge is -2.14. The highest BCUT2D eigenvalue weighted by Gasteiger charge is 2.14. The lowest BCUT2D eigenvalue weighted by atomic mass is 9.92. The van der Waals surface area contributed by atoms with E-state index >= 15 is 0 Å². The molecule has 7 rings (SSSR count). The van der Waals surface area contributed by atoms with Crippen LogP contribution in [0.1, 0.15) is 0 Å². The highest BCUT2D eigenvalue weighted by atomic mass is 14.7. The Hall–Kier alpha value is -4.82. The van der Waals surface area contributed by atoms with Gasteiger partial charge in [-0.2, -0.15) is 0 Å². The second-order valence-corrected chi connectivity index (χ2v) is 9.09. The predicted octanol–water partition coefficient (Wildman–Crippen LogP) is 8.94. The van der Waals surface area contributed by atoms with Gasteiger partial charge in [0.1, 0.15) is 0 Å². The summed E-state index contributed by atoms with van der Waals surface area (Å²) in [7, 11) is 0. The van der Waals surface area contributed by atoms with Crippen LogP contribution in [0.15, 0.2) is 134 Å². The number of nitrogens with zero attached hydrogens (tertiary/aromatic N) is 2. The summed E-state index contributed by atoms with van der Waals surface area (Å²) >= 11 is 0. The van der Waals surface area contributed by atoms with E-state index in [-0.39, 0.29) is 0 Å². The lowest BCUT2D eigenvalue weighted by molar-refractivity contribution is 1.36. The van der Waals surface area contributed by atoms with Crippen LogP contribution in [0.2, 0.25) is 0 Å². The number of pyridine rings is 2. The highest BCUT2D eigenvalue weighted by molar-refractivity contribution is 6.14. The molecule has 2 nitrogen and oxygen atoms in total. The molecule has 0 aliphatic rings. The van der Waals surface area contributed by atoms with Crippen molar-refractivity contribution in [3.63, 3.8) is 0 Å². The van der Waals surface area contributed by atoms with Gasteiger partial charge in [0.05, 0.1) is 11.2 Å². The van der Waals surface area contributed by atoms with Crippen molar-refractivity contribution in [3.8, 4) is 33.5 Å². The largest absolute Gasteiger partial charge is 0.264 e. The Morgan fingerprint density at radius 2 is 1.22 bits per heavy atom. The van der Waals surface area contributed by atoms with Crippen molar-refractivity contribution < 1.29 is 0 Å². The first-order valence-electron chi connectivity index (χ1n) is 12.2. The van der Waals surface area contributed by atoms with Crippen molar-refractivity contribution in [1.82, 2.24) is 9.97 Å². The summed E-state index contributed by atoms with van der Waals surface area (Å²) in [5.74, 6) is 0. The Bertz CT molecular complexity index is 1880. The summed E-state index contributed by atoms with van der Waals surface area (Å²) in [6.45, 7) is 0. The SMILES string of the molecule is c1ccc(-c2cc(-c3cccc(-c4cccc5cnccc45)c3)c3c(ccc4ccccc43)n2)cc1. The van der Waals surface area contributed by atoms with Gasteiger partial charge in [-0.3, -0.25) is 4.98 Å². The normalized spacial score (nSPS) is 11.3. The van der Waals surface area contributed by atoms with Crippen molar-refractivity contribution in [2.24, 2.45) is 0 Å². The first-order chi connectivity index (χ1) is 17.8. The number of fused-ring (bicyclic) bond motifs is 4. The summed E-state index contributed by atoms with van der Waals surface area (Å²) in [6, 6.07) is 42.9. The van der Waals surface area contributed by atoms with E-state index < -0.39 is 0 Å². The molecular formula is C34H22N2. The van der Waals surface area contributed by atoms with Crippen LogP contribution in [-0.4, -0.2) is 9.97 Å². The minimum atomic E-state index is 0.981. The quantitative estimate of drug-likeness (QED) is 0.247. The number of hydrogen-bond donors (Lipinski definition) is 0. The van der Waals surface area contributed by atoms with Crippen LogP contribution in [-0.2, 0) is 0 Å². The van der Waals surface area contributed by atoms with Gasteiger partial charge in [0.25, 0.3) is 0 Å². The lowest BCUT2D eigenvalue weighted by Crippen LogP contribution is -1.92. The number of hydrogen-bond acceptors (Lipinski definition) is 2. The fraction of sp³-hybridized carbons (Fsp3) is 0. The summed E-state index contributed by atoms with van der Waals surface area (Å²) in [4.78, 5) is 9.40. The van der Waals surface area contributed by atoms with E-state index in [1.165, 1.54) is 43.8 Å². The molecule has 0 unspecified atom stereocenters. The third kappa shape index (κ3) is 3.43. The molecule has 168 valence electrons. The molecule has 0 aliphatic heterocycles. The zero-order chi connectivity index (χ0) is 23.9. The zero-order valence-electron chi connectivity index (χ0n) is 19.6. The summed E-state index contributed by atoms with van der Waals surface area (Å²) in [5.41, 5.74) is 7.88. The Kier molecular flexibility index (Phi) is 4.82. The molecule has 0 saturated carbocycles. The molecule has 0 bridgehead atoms. The molecule has 0 N–H and O–H groups in total. The van der Waals surface area contributed by atoms with Crippen molar-refractivity contribution in [1.29, 1.82) is 0 Å². The van der Waals surface area contributed by atoms with E-state index in [9.17, 15) is 0 Å². The van der Waals surface area contributed by atoms with Crippen molar-refractivity contribution in [3.05, 3.63) is 134 Å². The number of benzene rings is 5. The monoisotopic (exact) mass is 458 g/mol. The van der Waals surface area contributed by atoms with Crippen LogP contribution in [0.3, 0.4) is 0 Å². The van der Waals surface area contributed by atoms with Crippen molar-refractivity contribution in [2.45, 2.75) is 0 Å². The Morgan fingerprint density at radius 3 is 2.14 bits per heavy atom. The van der Waals surface area contributed by atoms with Crippen LogP contribution in [0.25, 0.3) is 66.0 Å². The van der Waals surface area contributed by atoms with Crippen molar-refractivity contribution in [2.75, 3.05) is 0 Å². The number of aromatic nitrogens is 2. The van der Waals surface area contributed by atoms with Gasteiger partial charge >= 0.3 is 0 Å². The zero-order valence-corrected chi connectivity index (χ0v) is 19.6. The average molecular weight is 459 g/mol. The first kappa shape index (κ1) is 20.5. The molecular weight excluding hydrogens is 436 g/mol. The van der Waals surface area contributed by atoms with Crippen LogP contribution in [0.4, 0.5) is 0 Å². The van der Waals surface area contributed by atoms with Crippen LogP contribution < -0.4 is 0 Å². The third-order valence-electron chi connectivity index (χ3n) is 6.93. The van der Waals surface area contributed by atoms with Crippen molar-refractivity contribution >= 4 is 32.4 Å². The van der Waals surface area contributed by atoms with E-state index in [0.717, 1.165) is 22.2 Å². The predicted molar refractivity (Wildman–Crippen MR) is 151 cm³/mol. The smallest absolute Gasteiger partial charge is 0.0722 e. The van der Waals surface area contributed by atoms with Gasteiger partial charge in [-0.25, -0.2) is 4.98 Å². The molecule has 0 atom stereocenters. The molecule has 0 amide bonds. The molecule has 7 aromatic rings. The van der Waals surface area contributed by atoms with Gasteiger partial charge in [0.15, 0.2) is 0 Å². The van der Waals surface area contributed by atoms with Crippen LogP contribution >= 0.6 is 0 Å². The maximum Gasteiger partial charge on any atom is 0.0722 e. The Morgan fingerprint density at radius 1 is 0.472 bits per heavy atom. The molecule has 2 heteroatoms. The minimum absolute atomic E-state index is 0.981. The average Bonchev–Trinajstić information content (AvgIpc) is 2.96. The van der Waals surface area contributed by atoms with Gasteiger partial charge in [-0.1, -0.05) is 97.1 Å².